The lowest BCUT2D eigenvalue weighted by molar-refractivity contribution is 0.0163. The molecule has 1 aliphatic rings. The SMILES string of the molecule is CCNC(=NCCC1CCCN(C(=O)OC(C)(C)C)C1)NCCOCC. The van der Waals surface area contributed by atoms with Crippen LogP contribution in [-0.4, -0.2) is 68.5 Å². The van der Waals surface area contributed by atoms with Crippen LogP contribution in [0.3, 0.4) is 0 Å². The van der Waals surface area contributed by atoms with Crippen molar-refractivity contribution >= 4 is 12.1 Å². The van der Waals surface area contributed by atoms with Crippen molar-refractivity contribution in [1.29, 1.82) is 0 Å². The van der Waals surface area contributed by atoms with Crippen LogP contribution in [0.15, 0.2) is 4.99 Å². The van der Waals surface area contributed by atoms with E-state index in [4.69, 9.17) is 9.47 Å². The molecule has 1 heterocycles. The highest BCUT2D eigenvalue weighted by atomic mass is 16.6. The fourth-order valence-corrected chi connectivity index (χ4v) is 2.88. The molecule has 0 aliphatic carbocycles. The first-order chi connectivity index (χ1) is 12.4. The molecule has 0 saturated carbocycles. The lowest BCUT2D eigenvalue weighted by Crippen LogP contribution is -2.43. The van der Waals surface area contributed by atoms with Gasteiger partial charge < -0.3 is 25.0 Å². The van der Waals surface area contributed by atoms with E-state index in [-0.39, 0.29) is 6.09 Å². The second-order valence-electron chi connectivity index (χ2n) is 7.61. The van der Waals surface area contributed by atoms with Gasteiger partial charge in [-0.05, 0) is 59.8 Å². The predicted molar refractivity (Wildman–Crippen MR) is 106 cm³/mol. The number of hydrogen-bond donors (Lipinski definition) is 2. The van der Waals surface area contributed by atoms with E-state index in [1.54, 1.807) is 0 Å². The Morgan fingerprint density at radius 2 is 2.04 bits per heavy atom. The summed E-state index contributed by atoms with van der Waals surface area (Å²) in [5.74, 6) is 1.30. The molecule has 0 aromatic carbocycles. The number of carbonyl (C=O) groups excluding carboxylic acids is 1. The Labute approximate surface area is 158 Å². The molecule has 1 rings (SSSR count). The highest BCUT2D eigenvalue weighted by Gasteiger charge is 2.27. The van der Waals surface area contributed by atoms with Crippen molar-refractivity contribution in [3.63, 3.8) is 0 Å². The Kier molecular flexibility index (Phi) is 10.4. The number of rotatable bonds is 8. The molecule has 1 unspecified atom stereocenters. The lowest BCUT2D eigenvalue weighted by atomic mass is 9.95. The zero-order chi connectivity index (χ0) is 19.4. The highest BCUT2D eigenvalue weighted by Crippen LogP contribution is 2.21. The van der Waals surface area contributed by atoms with E-state index in [1.807, 2.05) is 32.6 Å². The van der Waals surface area contributed by atoms with Gasteiger partial charge in [-0.2, -0.15) is 0 Å². The molecule has 0 aromatic rings. The van der Waals surface area contributed by atoms with Gasteiger partial charge in [0.05, 0.1) is 6.61 Å². The van der Waals surface area contributed by atoms with Gasteiger partial charge in [0.15, 0.2) is 5.96 Å². The number of likely N-dealkylation sites (tertiary alicyclic amines) is 1. The van der Waals surface area contributed by atoms with Crippen molar-refractivity contribution in [2.75, 3.05) is 45.9 Å². The second-order valence-corrected chi connectivity index (χ2v) is 7.61. The minimum Gasteiger partial charge on any atom is -0.444 e. The monoisotopic (exact) mass is 370 g/mol. The van der Waals surface area contributed by atoms with Crippen LogP contribution in [0.1, 0.15) is 53.9 Å². The fraction of sp³-hybridized carbons (Fsp3) is 0.895. The number of carbonyl (C=O) groups is 1. The van der Waals surface area contributed by atoms with Crippen LogP contribution in [0, 0.1) is 5.92 Å². The molecule has 26 heavy (non-hydrogen) atoms. The third-order valence-electron chi connectivity index (χ3n) is 4.07. The first-order valence-corrected chi connectivity index (χ1v) is 9.93. The molecule has 7 nitrogen and oxygen atoms in total. The van der Waals surface area contributed by atoms with E-state index in [0.717, 1.165) is 64.6 Å². The third-order valence-corrected chi connectivity index (χ3v) is 4.07. The number of aliphatic imine (C=N–C) groups is 1. The van der Waals surface area contributed by atoms with E-state index in [0.29, 0.717) is 12.5 Å². The summed E-state index contributed by atoms with van der Waals surface area (Å²) >= 11 is 0. The van der Waals surface area contributed by atoms with Crippen LogP contribution in [-0.2, 0) is 9.47 Å². The Balaban J connectivity index is 2.40. The van der Waals surface area contributed by atoms with E-state index >= 15 is 0 Å². The second kappa shape index (κ2) is 12.0. The van der Waals surface area contributed by atoms with Crippen LogP contribution in [0.4, 0.5) is 4.79 Å². The normalized spacial score (nSPS) is 18.6. The summed E-state index contributed by atoms with van der Waals surface area (Å²) in [5.41, 5.74) is -0.442. The maximum atomic E-state index is 12.2. The van der Waals surface area contributed by atoms with Gasteiger partial charge in [-0.15, -0.1) is 0 Å². The van der Waals surface area contributed by atoms with Gasteiger partial charge in [0.25, 0.3) is 0 Å². The summed E-state index contributed by atoms with van der Waals surface area (Å²) in [5, 5.41) is 6.52. The zero-order valence-electron chi connectivity index (χ0n) is 17.3. The Morgan fingerprint density at radius 1 is 1.27 bits per heavy atom. The van der Waals surface area contributed by atoms with Gasteiger partial charge in [0.2, 0.25) is 0 Å². The predicted octanol–water partition coefficient (Wildman–Crippen LogP) is 2.62. The molecule has 0 aromatic heterocycles. The first kappa shape index (κ1) is 22.5. The molecule has 0 bridgehead atoms. The minimum atomic E-state index is -0.442. The number of guanidine groups is 1. The molecule has 0 spiro atoms. The number of hydrogen-bond acceptors (Lipinski definition) is 4. The van der Waals surface area contributed by atoms with Crippen molar-refractivity contribution in [2.24, 2.45) is 10.9 Å². The first-order valence-electron chi connectivity index (χ1n) is 9.93. The maximum Gasteiger partial charge on any atom is 0.410 e. The summed E-state index contributed by atoms with van der Waals surface area (Å²) in [6, 6.07) is 0. The van der Waals surface area contributed by atoms with E-state index in [1.165, 1.54) is 0 Å². The average molecular weight is 371 g/mol. The third kappa shape index (κ3) is 9.85. The lowest BCUT2D eigenvalue weighted by Gasteiger charge is -2.34. The molecular formula is C19H38N4O3. The van der Waals surface area contributed by atoms with Crippen molar-refractivity contribution in [2.45, 2.75) is 59.5 Å². The summed E-state index contributed by atoms with van der Waals surface area (Å²) in [7, 11) is 0. The van der Waals surface area contributed by atoms with E-state index < -0.39 is 5.60 Å². The maximum absolute atomic E-state index is 12.2. The van der Waals surface area contributed by atoms with Crippen molar-refractivity contribution in [3.8, 4) is 0 Å². The summed E-state index contributed by atoms with van der Waals surface area (Å²) in [6.07, 6.45) is 2.95. The van der Waals surface area contributed by atoms with Crippen molar-refractivity contribution in [3.05, 3.63) is 0 Å². The van der Waals surface area contributed by atoms with Gasteiger partial charge in [0, 0.05) is 39.3 Å². The highest BCUT2D eigenvalue weighted by molar-refractivity contribution is 5.79. The van der Waals surface area contributed by atoms with Crippen LogP contribution in [0.5, 0.6) is 0 Å². The molecule has 7 heteroatoms. The van der Waals surface area contributed by atoms with Crippen LogP contribution < -0.4 is 10.6 Å². The number of ether oxygens (including phenoxy) is 2. The molecule has 1 atom stereocenters. The largest absolute Gasteiger partial charge is 0.444 e. The summed E-state index contributed by atoms with van der Waals surface area (Å²) < 4.78 is 10.8. The molecule has 0 radical (unpaired) electrons. The van der Waals surface area contributed by atoms with Crippen molar-refractivity contribution < 1.29 is 14.3 Å². The Bertz CT molecular complexity index is 435. The Morgan fingerprint density at radius 3 is 2.69 bits per heavy atom. The molecule has 2 N–H and O–H groups in total. The standard InChI is InChI=1S/C19H38N4O3/c1-6-20-17(22-12-14-25-7-2)21-11-10-16-9-8-13-23(15-16)18(24)26-19(3,4)5/h16H,6-15H2,1-5H3,(H2,20,21,22). The van der Waals surface area contributed by atoms with E-state index in [2.05, 4.69) is 22.5 Å². The average Bonchev–Trinajstić information content (AvgIpc) is 2.57. The summed E-state index contributed by atoms with van der Waals surface area (Å²) in [4.78, 5) is 18.7. The summed E-state index contributed by atoms with van der Waals surface area (Å²) in [6.45, 7) is 15.0. The molecule has 1 fully saturated rings. The topological polar surface area (TPSA) is 75.2 Å². The van der Waals surface area contributed by atoms with Gasteiger partial charge in [-0.1, -0.05) is 0 Å². The molecular weight excluding hydrogens is 332 g/mol. The molecule has 1 amide bonds. The van der Waals surface area contributed by atoms with Crippen LogP contribution in [0.2, 0.25) is 0 Å². The molecule has 152 valence electrons. The van der Waals surface area contributed by atoms with E-state index in [9.17, 15) is 4.79 Å². The van der Waals surface area contributed by atoms with Crippen molar-refractivity contribution in [1.82, 2.24) is 15.5 Å². The molecule has 1 saturated heterocycles. The minimum absolute atomic E-state index is 0.198. The quantitative estimate of drug-likeness (QED) is 0.390. The van der Waals surface area contributed by atoms with Gasteiger partial charge >= 0.3 is 6.09 Å². The smallest absolute Gasteiger partial charge is 0.410 e. The van der Waals surface area contributed by atoms with Gasteiger partial charge in [-0.3, -0.25) is 4.99 Å². The Hall–Kier alpha value is -1.50. The number of nitrogens with one attached hydrogen (secondary N) is 2. The van der Waals surface area contributed by atoms with Crippen LogP contribution in [0.25, 0.3) is 0 Å². The zero-order valence-corrected chi connectivity index (χ0v) is 17.3. The van der Waals surface area contributed by atoms with Gasteiger partial charge in [0.1, 0.15) is 5.60 Å². The number of amides is 1. The van der Waals surface area contributed by atoms with Crippen LogP contribution >= 0.6 is 0 Å². The number of piperidine rings is 1. The molecule has 1 aliphatic heterocycles. The number of nitrogens with zero attached hydrogens (tertiary/aromatic N) is 2. The van der Waals surface area contributed by atoms with Gasteiger partial charge in [-0.25, -0.2) is 4.79 Å². The fourth-order valence-electron chi connectivity index (χ4n) is 2.88.